The summed E-state index contributed by atoms with van der Waals surface area (Å²) in [6, 6.07) is 10.4. The largest absolute Gasteiger partial charge is 0.492 e. The maximum absolute atomic E-state index is 5.76. The van der Waals surface area contributed by atoms with Crippen molar-refractivity contribution in [1.29, 1.82) is 0 Å². The quantitative estimate of drug-likeness (QED) is 0.617. The van der Waals surface area contributed by atoms with E-state index in [1.165, 1.54) is 0 Å². The van der Waals surface area contributed by atoms with Gasteiger partial charge in [0.1, 0.15) is 12.4 Å². The Morgan fingerprint density at radius 1 is 1.29 bits per heavy atom. The standard InChI is InChI=1S/C18H31N5O/c1-19-18(20-14-16-15-21(2)10-11-22(16)3)23(4)12-13-24-17-8-6-5-7-9-17/h5-9,16H,10-15H2,1-4H3,(H,19,20). The summed E-state index contributed by atoms with van der Waals surface area (Å²) in [6.07, 6.45) is 0. The molecule has 6 heteroatoms. The van der Waals surface area contributed by atoms with Gasteiger partial charge in [0.25, 0.3) is 0 Å². The van der Waals surface area contributed by atoms with Crippen LogP contribution in [0, 0.1) is 0 Å². The maximum atomic E-state index is 5.76. The van der Waals surface area contributed by atoms with Crippen molar-refractivity contribution < 1.29 is 4.74 Å². The van der Waals surface area contributed by atoms with Crippen LogP contribution in [0.25, 0.3) is 0 Å². The monoisotopic (exact) mass is 333 g/mol. The molecule has 0 aliphatic carbocycles. The molecule has 1 aliphatic rings. The predicted octanol–water partition coefficient (Wildman–Crippen LogP) is 0.818. The molecule has 1 aromatic carbocycles. The fraction of sp³-hybridized carbons (Fsp3) is 0.611. The first-order valence-electron chi connectivity index (χ1n) is 8.58. The van der Waals surface area contributed by atoms with Gasteiger partial charge in [-0.2, -0.15) is 0 Å². The van der Waals surface area contributed by atoms with Gasteiger partial charge in [0.05, 0.1) is 6.54 Å². The summed E-state index contributed by atoms with van der Waals surface area (Å²) in [5, 5.41) is 3.49. The van der Waals surface area contributed by atoms with Gasteiger partial charge in [-0.05, 0) is 26.2 Å². The van der Waals surface area contributed by atoms with Gasteiger partial charge >= 0.3 is 0 Å². The van der Waals surface area contributed by atoms with Gasteiger partial charge in [-0.3, -0.25) is 9.89 Å². The van der Waals surface area contributed by atoms with Crippen LogP contribution in [0.4, 0.5) is 0 Å². The van der Waals surface area contributed by atoms with Crippen molar-refractivity contribution in [3.8, 4) is 5.75 Å². The Kier molecular flexibility index (Phi) is 7.34. The molecule has 0 aromatic heterocycles. The van der Waals surface area contributed by atoms with Crippen LogP contribution in [-0.4, -0.2) is 94.2 Å². The van der Waals surface area contributed by atoms with E-state index in [0.717, 1.165) is 44.4 Å². The molecule has 6 nitrogen and oxygen atoms in total. The lowest BCUT2D eigenvalue weighted by atomic mass is 10.2. The number of rotatable bonds is 6. The molecule has 1 unspecified atom stereocenters. The molecule has 1 heterocycles. The summed E-state index contributed by atoms with van der Waals surface area (Å²) in [5.74, 6) is 1.81. The summed E-state index contributed by atoms with van der Waals surface area (Å²) < 4.78 is 5.76. The maximum Gasteiger partial charge on any atom is 0.193 e. The summed E-state index contributed by atoms with van der Waals surface area (Å²) in [5.41, 5.74) is 0. The Bertz CT molecular complexity index is 507. The van der Waals surface area contributed by atoms with Crippen LogP contribution in [0.5, 0.6) is 5.75 Å². The van der Waals surface area contributed by atoms with E-state index in [-0.39, 0.29) is 0 Å². The number of ether oxygens (including phenoxy) is 1. The first-order chi connectivity index (χ1) is 11.6. The van der Waals surface area contributed by atoms with Gasteiger partial charge in [0.15, 0.2) is 5.96 Å². The molecular formula is C18H31N5O. The number of benzene rings is 1. The Labute approximate surface area is 146 Å². The first-order valence-corrected chi connectivity index (χ1v) is 8.58. The van der Waals surface area contributed by atoms with E-state index in [0.29, 0.717) is 12.6 Å². The molecule has 1 aromatic rings. The second-order valence-electron chi connectivity index (χ2n) is 6.41. The van der Waals surface area contributed by atoms with Crippen LogP contribution in [0.15, 0.2) is 35.3 Å². The Hall–Kier alpha value is -1.79. The zero-order chi connectivity index (χ0) is 17.4. The molecule has 1 aliphatic heterocycles. The predicted molar refractivity (Wildman–Crippen MR) is 99.8 cm³/mol. The van der Waals surface area contributed by atoms with E-state index >= 15 is 0 Å². The molecule has 1 fully saturated rings. The third-order valence-electron chi connectivity index (χ3n) is 4.49. The summed E-state index contributed by atoms with van der Waals surface area (Å²) >= 11 is 0. The first kappa shape index (κ1) is 18.5. The second-order valence-corrected chi connectivity index (χ2v) is 6.41. The Balaban J connectivity index is 1.74. The SMILES string of the molecule is CN=C(NCC1CN(C)CCN1C)N(C)CCOc1ccccc1. The lowest BCUT2D eigenvalue weighted by molar-refractivity contribution is 0.116. The number of aliphatic imine (C=N–C) groups is 1. The summed E-state index contributed by atoms with van der Waals surface area (Å²) in [6.45, 7) is 5.65. The molecule has 1 atom stereocenters. The number of hydrogen-bond donors (Lipinski definition) is 1. The van der Waals surface area contributed by atoms with Gasteiger partial charge in [-0.1, -0.05) is 18.2 Å². The second kappa shape index (κ2) is 9.49. The van der Waals surface area contributed by atoms with Crippen molar-refractivity contribution in [2.45, 2.75) is 6.04 Å². The van der Waals surface area contributed by atoms with Gasteiger partial charge in [0, 0.05) is 46.3 Å². The molecule has 0 bridgehead atoms. The molecule has 1 saturated heterocycles. The van der Waals surface area contributed by atoms with Crippen molar-refractivity contribution in [1.82, 2.24) is 20.0 Å². The minimum Gasteiger partial charge on any atom is -0.492 e. The van der Waals surface area contributed by atoms with E-state index in [4.69, 9.17) is 4.74 Å². The molecule has 2 rings (SSSR count). The lowest BCUT2D eigenvalue weighted by Crippen LogP contribution is -2.55. The van der Waals surface area contributed by atoms with Crippen LogP contribution in [0.3, 0.4) is 0 Å². The van der Waals surface area contributed by atoms with Crippen LogP contribution < -0.4 is 10.1 Å². The molecule has 0 saturated carbocycles. The highest BCUT2D eigenvalue weighted by atomic mass is 16.5. The molecule has 1 N–H and O–H groups in total. The topological polar surface area (TPSA) is 43.3 Å². The molecule has 0 radical (unpaired) electrons. The minimum absolute atomic E-state index is 0.509. The fourth-order valence-corrected chi connectivity index (χ4v) is 2.84. The summed E-state index contributed by atoms with van der Waals surface area (Å²) in [7, 11) is 8.25. The van der Waals surface area contributed by atoms with E-state index < -0.39 is 0 Å². The fourth-order valence-electron chi connectivity index (χ4n) is 2.84. The number of para-hydroxylation sites is 1. The smallest absolute Gasteiger partial charge is 0.193 e. The average molecular weight is 333 g/mol. The van der Waals surface area contributed by atoms with E-state index in [1.54, 1.807) is 0 Å². The number of nitrogens with zero attached hydrogens (tertiary/aromatic N) is 4. The third-order valence-corrected chi connectivity index (χ3v) is 4.49. The average Bonchev–Trinajstić information content (AvgIpc) is 2.59. The number of hydrogen-bond acceptors (Lipinski definition) is 4. The Morgan fingerprint density at radius 3 is 2.75 bits per heavy atom. The number of nitrogens with one attached hydrogen (secondary N) is 1. The van der Waals surface area contributed by atoms with Crippen molar-refractivity contribution >= 4 is 5.96 Å². The van der Waals surface area contributed by atoms with Crippen molar-refractivity contribution in [3.05, 3.63) is 30.3 Å². The van der Waals surface area contributed by atoms with Gasteiger partial charge in [0.2, 0.25) is 0 Å². The van der Waals surface area contributed by atoms with Gasteiger partial charge < -0.3 is 19.9 Å². The van der Waals surface area contributed by atoms with Crippen LogP contribution in [0.1, 0.15) is 0 Å². The molecule has 24 heavy (non-hydrogen) atoms. The Morgan fingerprint density at radius 2 is 2.04 bits per heavy atom. The minimum atomic E-state index is 0.509. The molecule has 134 valence electrons. The summed E-state index contributed by atoms with van der Waals surface area (Å²) in [4.78, 5) is 11.3. The number of piperazine rings is 1. The third kappa shape index (κ3) is 5.69. The number of guanidine groups is 1. The zero-order valence-electron chi connectivity index (χ0n) is 15.4. The molecular weight excluding hydrogens is 302 g/mol. The molecule has 0 amide bonds. The normalized spacial score (nSPS) is 20.0. The zero-order valence-corrected chi connectivity index (χ0v) is 15.4. The van der Waals surface area contributed by atoms with Gasteiger partial charge in [-0.15, -0.1) is 0 Å². The molecule has 0 spiro atoms. The highest BCUT2D eigenvalue weighted by molar-refractivity contribution is 5.79. The van der Waals surface area contributed by atoms with Crippen molar-refractivity contribution in [2.75, 3.05) is 67.5 Å². The lowest BCUT2D eigenvalue weighted by Gasteiger charge is -2.38. The van der Waals surface area contributed by atoms with Crippen LogP contribution in [0.2, 0.25) is 0 Å². The highest BCUT2D eigenvalue weighted by Crippen LogP contribution is 2.08. The van der Waals surface area contributed by atoms with E-state index in [1.807, 2.05) is 44.4 Å². The van der Waals surface area contributed by atoms with E-state index in [9.17, 15) is 0 Å². The van der Waals surface area contributed by atoms with Gasteiger partial charge in [-0.25, -0.2) is 0 Å². The van der Waals surface area contributed by atoms with Crippen molar-refractivity contribution in [2.24, 2.45) is 4.99 Å². The van der Waals surface area contributed by atoms with Crippen LogP contribution >= 0.6 is 0 Å². The van der Waals surface area contributed by atoms with Crippen molar-refractivity contribution in [3.63, 3.8) is 0 Å². The highest BCUT2D eigenvalue weighted by Gasteiger charge is 2.22. The van der Waals surface area contributed by atoms with Crippen LogP contribution in [-0.2, 0) is 0 Å². The van der Waals surface area contributed by atoms with E-state index in [2.05, 4.69) is 39.1 Å². The number of likely N-dealkylation sites (N-methyl/N-ethyl adjacent to an activating group) is 3.